The molecule has 0 atom stereocenters. The van der Waals surface area contributed by atoms with E-state index in [0.717, 1.165) is 49.2 Å². The zero-order valence-corrected chi connectivity index (χ0v) is 23.1. The molecule has 12 nitrogen and oxygen atoms in total. The van der Waals surface area contributed by atoms with Gasteiger partial charge in [0.05, 0.1) is 5.69 Å². The Labute approximate surface area is 249 Å². The molecule has 13 heteroatoms. The first-order valence-electron chi connectivity index (χ1n) is 13.8. The summed E-state index contributed by atoms with van der Waals surface area (Å²) in [6.45, 7) is 2.15. The lowest BCUT2D eigenvalue weighted by atomic mass is 10.0. The van der Waals surface area contributed by atoms with Crippen molar-refractivity contribution in [3.05, 3.63) is 78.2 Å². The van der Waals surface area contributed by atoms with Gasteiger partial charge in [0.1, 0.15) is 17.6 Å². The predicted octanol–water partition coefficient (Wildman–Crippen LogP) is 2.04. The molecule has 6 rings (SSSR count). The lowest BCUT2D eigenvalue weighted by Gasteiger charge is -2.35. The second-order valence-corrected chi connectivity index (χ2v) is 10.4. The van der Waals surface area contributed by atoms with Crippen molar-refractivity contribution >= 4 is 25.4 Å². The molecule has 2 aromatic carbocycles. The van der Waals surface area contributed by atoms with Crippen LogP contribution in [0.3, 0.4) is 0 Å². The number of fused-ring (bicyclic) bond motifs is 1. The van der Waals surface area contributed by atoms with Crippen molar-refractivity contribution in [2.45, 2.75) is 31.2 Å². The van der Waals surface area contributed by atoms with Gasteiger partial charge in [0.15, 0.2) is 20.3 Å². The van der Waals surface area contributed by atoms with E-state index >= 15 is 0 Å². The number of aliphatic hydroxyl groups is 2. The maximum absolute atomic E-state index is 12.4. The summed E-state index contributed by atoms with van der Waals surface area (Å²) >= 11 is 0. The van der Waals surface area contributed by atoms with Crippen molar-refractivity contribution < 1.29 is 19.7 Å². The molecular formula is C30H27BN8O4. The number of hydrogen-bond acceptors (Lipinski definition) is 11. The van der Waals surface area contributed by atoms with E-state index in [9.17, 15) is 15.0 Å². The molecule has 1 fully saturated rings. The van der Waals surface area contributed by atoms with Gasteiger partial charge in [0.2, 0.25) is 11.6 Å². The van der Waals surface area contributed by atoms with Gasteiger partial charge in [-0.15, -0.1) is 0 Å². The van der Waals surface area contributed by atoms with Crippen molar-refractivity contribution in [2.75, 3.05) is 29.9 Å². The van der Waals surface area contributed by atoms with Crippen LogP contribution < -0.4 is 15.0 Å². The minimum absolute atomic E-state index is 0.0291. The van der Waals surface area contributed by atoms with Crippen molar-refractivity contribution in [1.82, 2.24) is 24.8 Å². The number of nitriles is 1. The number of piperidine rings is 1. The van der Waals surface area contributed by atoms with Crippen LogP contribution in [0.15, 0.2) is 66.9 Å². The number of amides is 1. The first-order valence-corrected chi connectivity index (χ1v) is 13.8. The van der Waals surface area contributed by atoms with E-state index in [-0.39, 0.29) is 23.6 Å². The number of nitrogens with one attached hydrogen (secondary N) is 1. The second kappa shape index (κ2) is 11.8. The SMILES string of the molecule is [B]C(O)(O)N1C(=O)COc2nc(-c3ccc(CN4CCC(Nc5ccnc(C#N)n5)CC4)cc3)c(-c3ccccc3)nc21. The lowest BCUT2D eigenvalue weighted by molar-refractivity contribution is -0.137. The summed E-state index contributed by atoms with van der Waals surface area (Å²) in [5.41, 5.74) is 3.58. The number of rotatable bonds is 7. The summed E-state index contributed by atoms with van der Waals surface area (Å²) in [6, 6.07) is 21.3. The molecule has 0 aliphatic carbocycles. The van der Waals surface area contributed by atoms with Crippen molar-refractivity contribution in [3.63, 3.8) is 0 Å². The highest BCUT2D eigenvalue weighted by Crippen LogP contribution is 2.38. The molecule has 3 N–H and O–H groups in total. The zero-order chi connectivity index (χ0) is 30.0. The monoisotopic (exact) mass is 574 g/mol. The minimum atomic E-state index is -2.97. The van der Waals surface area contributed by atoms with E-state index in [1.165, 1.54) is 0 Å². The fraction of sp³-hybridized carbons (Fsp3) is 0.267. The number of ether oxygens (including phenoxy) is 1. The molecule has 2 aliphatic heterocycles. The van der Waals surface area contributed by atoms with Crippen LogP contribution in [-0.4, -0.2) is 80.4 Å². The molecule has 2 aromatic heterocycles. The van der Waals surface area contributed by atoms with Gasteiger partial charge >= 0.3 is 0 Å². The fourth-order valence-corrected chi connectivity index (χ4v) is 5.27. The Kier molecular flexibility index (Phi) is 7.73. The minimum Gasteiger partial charge on any atom is -0.465 e. The van der Waals surface area contributed by atoms with Crippen molar-refractivity contribution in [1.29, 1.82) is 5.26 Å². The van der Waals surface area contributed by atoms with E-state index in [4.69, 9.17) is 17.8 Å². The normalized spacial score (nSPS) is 15.8. The van der Waals surface area contributed by atoms with Gasteiger partial charge in [-0.3, -0.25) is 9.69 Å². The molecule has 4 heterocycles. The first kappa shape index (κ1) is 28.2. The summed E-state index contributed by atoms with van der Waals surface area (Å²) in [5.74, 6) is -3.11. The Morgan fingerprint density at radius 2 is 1.70 bits per heavy atom. The number of anilines is 2. The smallest absolute Gasteiger partial charge is 0.269 e. The van der Waals surface area contributed by atoms with Crippen molar-refractivity contribution in [2.24, 2.45) is 0 Å². The molecule has 43 heavy (non-hydrogen) atoms. The molecule has 0 spiro atoms. The van der Waals surface area contributed by atoms with Crippen LogP contribution in [0.5, 0.6) is 5.88 Å². The van der Waals surface area contributed by atoms with Crippen molar-refractivity contribution in [3.8, 4) is 34.5 Å². The number of carbonyl (C=O) groups is 1. The highest BCUT2D eigenvalue weighted by atomic mass is 16.5. The predicted molar refractivity (Wildman–Crippen MR) is 157 cm³/mol. The molecule has 2 radical (unpaired) electrons. The van der Waals surface area contributed by atoms with E-state index < -0.39 is 18.3 Å². The summed E-state index contributed by atoms with van der Waals surface area (Å²) < 4.78 is 5.52. The Morgan fingerprint density at radius 1 is 1.00 bits per heavy atom. The van der Waals surface area contributed by atoms with Gasteiger partial charge in [-0.2, -0.15) is 5.26 Å². The van der Waals surface area contributed by atoms with E-state index in [1.807, 2.05) is 60.7 Å². The summed E-state index contributed by atoms with van der Waals surface area (Å²) in [7, 11) is 5.47. The average molecular weight is 574 g/mol. The third-order valence-corrected chi connectivity index (χ3v) is 7.35. The zero-order valence-electron chi connectivity index (χ0n) is 23.1. The van der Waals surface area contributed by atoms with E-state index in [2.05, 4.69) is 30.2 Å². The third-order valence-electron chi connectivity index (χ3n) is 7.35. The standard InChI is InChI=1S/C30H27BN8O4/c31-30(41,42)39-25(40)18-43-29-28(39)36-26(20-4-2-1-3-5-20)27(37-29)21-8-6-19(7-9-21)17-38-14-11-22(12-15-38)34-23-10-13-33-24(16-32)35-23/h1-10,13,22,41-42H,11-12,14-15,17-18H2,(H,33,34,35). The second-order valence-electron chi connectivity index (χ2n) is 10.4. The summed E-state index contributed by atoms with van der Waals surface area (Å²) in [4.78, 5) is 32.8. The van der Waals surface area contributed by atoms with Crippen LogP contribution in [-0.2, 0) is 11.3 Å². The molecule has 1 saturated heterocycles. The molecule has 0 unspecified atom stereocenters. The average Bonchev–Trinajstić information content (AvgIpc) is 3.01. The topological polar surface area (TPSA) is 161 Å². The Balaban J connectivity index is 1.19. The lowest BCUT2D eigenvalue weighted by Crippen LogP contribution is -2.56. The largest absolute Gasteiger partial charge is 0.465 e. The number of likely N-dealkylation sites (tertiary alicyclic amines) is 1. The number of carbonyl (C=O) groups excluding carboxylic acids is 1. The highest BCUT2D eigenvalue weighted by molar-refractivity contribution is 6.18. The molecule has 4 aromatic rings. The van der Waals surface area contributed by atoms with Gasteiger partial charge in [-0.25, -0.2) is 24.8 Å². The maximum Gasteiger partial charge on any atom is 0.269 e. The first-order chi connectivity index (χ1) is 20.8. The third kappa shape index (κ3) is 6.17. The van der Waals surface area contributed by atoms with Gasteiger partial charge in [0, 0.05) is 43.0 Å². The Bertz CT molecular complexity index is 1670. The van der Waals surface area contributed by atoms with Crippen LogP contribution in [0, 0.1) is 11.3 Å². The van der Waals surface area contributed by atoms with Crippen LogP contribution in [0.1, 0.15) is 24.2 Å². The van der Waals surface area contributed by atoms with Crippen LogP contribution in [0.4, 0.5) is 11.6 Å². The highest BCUT2D eigenvalue weighted by Gasteiger charge is 2.39. The Morgan fingerprint density at radius 3 is 2.40 bits per heavy atom. The quantitative estimate of drug-likeness (QED) is 0.219. The molecule has 2 aliphatic rings. The van der Waals surface area contributed by atoms with Crippen LogP contribution in [0.2, 0.25) is 0 Å². The van der Waals surface area contributed by atoms with Gasteiger partial charge in [-0.05, 0) is 24.5 Å². The Hall–Kier alpha value is -4.90. The molecular weight excluding hydrogens is 547 g/mol. The summed E-state index contributed by atoms with van der Waals surface area (Å²) in [5, 5.41) is 32.6. The van der Waals surface area contributed by atoms with Gasteiger partial charge in [-0.1, -0.05) is 54.6 Å². The maximum atomic E-state index is 12.4. The number of hydrogen-bond donors (Lipinski definition) is 3. The van der Waals surface area contributed by atoms with Gasteiger partial charge < -0.3 is 20.3 Å². The number of nitrogens with zero attached hydrogens (tertiary/aromatic N) is 7. The number of benzene rings is 2. The summed E-state index contributed by atoms with van der Waals surface area (Å²) in [6.07, 6.45) is 3.48. The van der Waals surface area contributed by atoms with Crippen LogP contribution in [0.25, 0.3) is 22.5 Å². The number of aromatic nitrogens is 4. The molecule has 0 bridgehead atoms. The van der Waals surface area contributed by atoms with Gasteiger partial charge in [0.25, 0.3) is 11.8 Å². The molecule has 1 amide bonds. The molecule has 214 valence electrons. The fourth-order valence-electron chi connectivity index (χ4n) is 5.27. The van der Waals surface area contributed by atoms with Crippen LogP contribution >= 0.6 is 0 Å². The molecule has 0 saturated carbocycles. The van der Waals surface area contributed by atoms with E-state index in [1.54, 1.807) is 12.3 Å². The van der Waals surface area contributed by atoms with E-state index in [0.29, 0.717) is 22.1 Å².